The summed E-state index contributed by atoms with van der Waals surface area (Å²) in [6, 6.07) is 21.6. The van der Waals surface area contributed by atoms with Crippen LogP contribution in [0.3, 0.4) is 0 Å². The quantitative estimate of drug-likeness (QED) is 0.408. The van der Waals surface area contributed by atoms with Gasteiger partial charge in [-0.25, -0.2) is 4.99 Å². The molecule has 2 amide bonds. The number of anilines is 2. The molecule has 0 spiro atoms. The van der Waals surface area contributed by atoms with E-state index in [1.165, 1.54) is 17.3 Å². The molecule has 3 aromatic rings. The predicted molar refractivity (Wildman–Crippen MR) is 151 cm³/mol. The van der Waals surface area contributed by atoms with E-state index in [2.05, 4.69) is 12.1 Å². The molecule has 7 heteroatoms. The van der Waals surface area contributed by atoms with Crippen molar-refractivity contribution in [1.29, 1.82) is 0 Å². The van der Waals surface area contributed by atoms with E-state index < -0.39 is 0 Å². The van der Waals surface area contributed by atoms with Gasteiger partial charge in [-0.1, -0.05) is 48.2 Å². The van der Waals surface area contributed by atoms with Crippen molar-refractivity contribution in [2.45, 2.75) is 26.7 Å². The molecular formula is C30H29N3O3S. The zero-order valence-electron chi connectivity index (χ0n) is 21.2. The molecule has 0 N–H and O–H groups in total. The van der Waals surface area contributed by atoms with Crippen LogP contribution in [0.1, 0.15) is 28.7 Å². The Hall–Kier alpha value is -3.84. The summed E-state index contributed by atoms with van der Waals surface area (Å²) >= 11 is 1.30. The van der Waals surface area contributed by atoms with Crippen LogP contribution in [-0.4, -0.2) is 36.4 Å². The average molecular weight is 512 g/mol. The average Bonchev–Trinajstić information content (AvgIpc) is 3.21. The van der Waals surface area contributed by atoms with Gasteiger partial charge in [0.05, 0.1) is 18.6 Å². The first-order chi connectivity index (χ1) is 17.9. The van der Waals surface area contributed by atoms with Crippen LogP contribution in [0.5, 0.6) is 5.75 Å². The number of carbonyl (C=O) groups excluding carboxylic acids is 2. The third-order valence-corrected chi connectivity index (χ3v) is 7.37. The number of aliphatic imine (C=N–C) groups is 1. The second-order valence-corrected chi connectivity index (χ2v) is 10.2. The molecule has 6 nitrogen and oxygen atoms in total. The number of amidine groups is 1. The minimum Gasteiger partial charge on any atom is -0.497 e. The minimum absolute atomic E-state index is 0.0141. The van der Waals surface area contributed by atoms with Crippen LogP contribution in [0.25, 0.3) is 6.08 Å². The molecule has 0 radical (unpaired) electrons. The van der Waals surface area contributed by atoms with Crippen LogP contribution in [0, 0.1) is 13.8 Å². The lowest BCUT2D eigenvalue weighted by Gasteiger charge is -2.29. The summed E-state index contributed by atoms with van der Waals surface area (Å²) in [6.07, 6.45) is 3.69. The Morgan fingerprint density at radius 2 is 1.78 bits per heavy atom. The van der Waals surface area contributed by atoms with Crippen molar-refractivity contribution in [2.75, 3.05) is 29.2 Å². The van der Waals surface area contributed by atoms with Crippen molar-refractivity contribution in [3.05, 3.63) is 94.7 Å². The molecule has 0 aromatic heterocycles. The van der Waals surface area contributed by atoms with Gasteiger partial charge in [-0.05, 0) is 85.4 Å². The van der Waals surface area contributed by atoms with E-state index in [0.29, 0.717) is 17.4 Å². The molecule has 0 fully saturated rings. The van der Waals surface area contributed by atoms with E-state index >= 15 is 0 Å². The summed E-state index contributed by atoms with van der Waals surface area (Å²) in [5, 5.41) is 0.508. The first-order valence-electron chi connectivity index (χ1n) is 12.3. The summed E-state index contributed by atoms with van der Waals surface area (Å²) in [6.45, 7) is 4.71. The lowest BCUT2D eigenvalue weighted by Crippen LogP contribution is -2.38. The highest BCUT2D eigenvalue weighted by molar-refractivity contribution is 8.14. The Bertz CT molecular complexity index is 1390. The molecule has 37 heavy (non-hydrogen) atoms. The van der Waals surface area contributed by atoms with Gasteiger partial charge >= 0.3 is 0 Å². The van der Waals surface area contributed by atoms with Crippen molar-refractivity contribution in [3.8, 4) is 5.75 Å². The number of para-hydroxylation sites is 1. The number of hydrogen-bond acceptors (Lipinski definition) is 5. The number of amides is 2. The minimum atomic E-state index is -0.209. The predicted octanol–water partition coefficient (Wildman–Crippen LogP) is 5.77. The van der Waals surface area contributed by atoms with Crippen molar-refractivity contribution >= 4 is 46.2 Å². The number of methoxy groups -OCH3 is 1. The highest BCUT2D eigenvalue weighted by Gasteiger charge is 2.33. The van der Waals surface area contributed by atoms with E-state index in [0.717, 1.165) is 46.7 Å². The van der Waals surface area contributed by atoms with Gasteiger partial charge in [0.1, 0.15) is 11.4 Å². The fourth-order valence-corrected chi connectivity index (χ4v) is 5.64. The van der Waals surface area contributed by atoms with Crippen LogP contribution in [0.15, 0.2) is 77.4 Å². The summed E-state index contributed by atoms with van der Waals surface area (Å²) in [5.74, 6) is 0.742. The van der Waals surface area contributed by atoms with Crippen molar-refractivity contribution in [2.24, 2.45) is 4.99 Å². The Morgan fingerprint density at radius 1 is 1.05 bits per heavy atom. The number of carbonyl (C=O) groups is 2. The highest BCUT2D eigenvalue weighted by atomic mass is 32.2. The number of nitrogens with zero attached hydrogens (tertiary/aromatic N) is 3. The monoisotopic (exact) mass is 511 g/mol. The number of benzene rings is 3. The summed E-state index contributed by atoms with van der Waals surface area (Å²) in [5.41, 5.74) is 6.23. The molecule has 5 rings (SSSR count). The smallest absolute Gasteiger partial charge is 0.283 e. The van der Waals surface area contributed by atoms with E-state index in [9.17, 15) is 9.59 Å². The van der Waals surface area contributed by atoms with Gasteiger partial charge in [-0.15, -0.1) is 0 Å². The van der Waals surface area contributed by atoms with Crippen LogP contribution >= 0.6 is 11.8 Å². The van der Waals surface area contributed by atoms with Gasteiger partial charge in [0.2, 0.25) is 5.91 Å². The molecule has 0 bridgehead atoms. The van der Waals surface area contributed by atoms with E-state index in [-0.39, 0.29) is 17.6 Å². The maximum atomic E-state index is 13.6. The van der Waals surface area contributed by atoms with Crippen molar-refractivity contribution < 1.29 is 14.3 Å². The van der Waals surface area contributed by atoms with Gasteiger partial charge in [0.25, 0.3) is 5.91 Å². The van der Waals surface area contributed by atoms with E-state index in [1.807, 2.05) is 73.3 Å². The fraction of sp³-hybridized carbons (Fsp3) is 0.233. The molecular weight excluding hydrogens is 482 g/mol. The van der Waals surface area contributed by atoms with Crippen LogP contribution in [-0.2, 0) is 16.0 Å². The Balaban J connectivity index is 1.43. The van der Waals surface area contributed by atoms with Gasteiger partial charge in [-0.2, -0.15) is 0 Å². The Labute approximate surface area is 221 Å². The second-order valence-electron chi connectivity index (χ2n) is 9.25. The third kappa shape index (κ3) is 5.32. The topological polar surface area (TPSA) is 62.2 Å². The van der Waals surface area contributed by atoms with Crippen LogP contribution < -0.4 is 14.5 Å². The molecule has 2 aliphatic heterocycles. The maximum Gasteiger partial charge on any atom is 0.283 e. The van der Waals surface area contributed by atoms with Gasteiger partial charge in [0.15, 0.2) is 5.17 Å². The molecule has 0 atom stereocenters. The first-order valence-corrected chi connectivity index (χ1v) is 13.3. The summed E-state index contributed by atoms with van der Waals surface area (Å²) < 4.78 is 5.24. The number of rotatable bonds is 5. The van der Waals surface area contributed by atoms with Gasteiger partial charge in [-0.3, -0.25) is 14.5 Å². The largest absolute Gasteiger partial charge is 0.497 e. The molecule has 2 heterocycles. The first kappa shape index (κ1) is 24.8. The zero-order valence-corrected chi connectivity index (χ0v) is 22.0. The van der Waals surface area contributed by atoms with Gasteiger partial charge < -0.3 is 9.64 Å². The standard InChI is InChI=1S/C30H29N3O3S/c1-20-15-21(2)17-24(16-20)33-29(35)26(18-22-10-12-25(36-3)13-11-22)31-30(33)37-19-28(34)32-14-6-8-23-7-4-5-9-27(23)32/h4-5,7,9-13,15-18H,6,8,14,19H2,1-3H3/b26-18-. The lowest BCUT2D eigenvalue weighted by atomic mass is 10.0. The SMILES string of the molecule is COc1ccc(/C=C2\N=C(SCC(=O)N3CCCc4ccccc43)N(c3cc(C)cc(C)c3)C2=O)cc1. The Morgan fingerprint density at radius 3 is 2.51 bits per heavy atom. The van der Waals surface area contributed by atoms with Crippen molar-refractivity contribution in [1.82, 2.24) is 0 Å². The number of thioether (sulfide) groups is 1. The van der Waals surface area contributed by atoms with Crippen LogP contribution in [0.2, 0.25) is 0 Å². The van der Waals surface area contributed by atoms with Gasteiger partial charge in [0, 0.05) is 12.2 Å². The fourth-order valence-electron chi connectivity index (χ4n) is 4.76. The lowest BCUT2D eigenvalue weighted by molar-refractivity contribution is -0.116. The number of ether oxygens (including phenoxy) is 1. The third-order valence-electron chi connectivity index (χ3n) is 6.45. The molecule has 0 saturated carbocycles. The molecule has 188 valence electrons. The molecule has 2 aliphatic rings. The number of aryl methyl sites for hydroxylation is 3. The van der Waals surface area contributed by atoms with Crippen LogP contribution in [0.4, 0.5) is 11.4 Å². The molecule has 0 saturated heterocycles. The zero-order chi connectivity index (χ0) is 25.9. The summed E-state index contributed by atoms with van der Waals surface area (Å²) in [4.78, 5) is 35.1. The second kappa shape index (κ2) is 10.6. The maximum absolute atomic E-state index is 13.6. The van der Waals surface area contributed by atoms with E-state index in [1.54, 1.807) is 18.1 Å². The highest BCUT2D eigenvalue weighted by Crippen LogP contribution is 2.32. The normalized spacial score (nSPS) is 16.1. The van der Waals surface area contributed by atoms with Crippen molar-refractivity contribution in [3.63, 3.8) is 0 Å². The van der Waals surface area contributed by atoms with E-state index in [4.69, 9.17) is 9.73 Å². The number of hydrogen-bond donors (Lipinski definition) is 0. The molecule has 3 aromatic carbocycles. The Kier molecular flexibility index (Phi) is 7.15. The number of fused-ring (bicyclic) bond motifs is 1. The molecule has 0 unspecified atom stereocenters. The molecule has 0 aliphatic carbocycles. The summed E-state index contributed by atoms with van der Waals surface area (Å²) in [7, 11) is 1.62.